The number of hydrogen-bond acceptors (Lipinski definition) is 0. The molecule has 1 spiro atoms. The average molecular weight is 172 g/mol. The lowest BCUT2D eigenvalue weighted by Gasteiger charge is -2.12. The number of hydrogen-bond donors (Lipinski definition) is 0. The fourth-order valence-corrected chi connectivity index (χ4v) is 3.07. The molecule has 0 aromatic heterocycles. The van der Waals surface area contributed by atoms with E-state index in [2.05, 4.69) is 26.0 Å². The average Bonchev–Trinajstić information content (AvgIpc) is 2.74. The molecule has 0 radical (unpaired) electrons. The molecule has 1 aromatic carbocycles. The normalized spacial score (nSPS) is 22.0. The lowest BCUT2D eigenvalue weighted by atomic mass is 9.92. The van der Waals surface area contributed by atoms with Gasteiger partial charge in [-0.05, 0) is 67.2 Å². The van der Waals surface area contributed by atoms with Crippen LogP contribution in [0.15, 0.2) is 12.1 Å². The Morgan fingerprint density at radius 2 is 1.69 bits per heavy atom. The third-order valence-electron chi connectivity index (χ3n) is 3.99. The fourth-order valence-electron chi connectivity index (χ4n) is 3.07. The first-order valence-corrected chi connectivity index (χ1v) is 5.32. The van der Waals surface area contributed by atoms with Gasteiger partial charge in [0.15, 0.2) is 0 Å². The lowest BCUT2D eigenvalue weighted by Crippen LogP contribution is -2.02. The van der Waals surface area contributed by atoms with Crippen molar-refractivity contribution in [3.63, 3.8) is 0 Å². The van der Waals surface area contributed by atoms with Crippen LogP contribution in [0.4, 0.5) is 0 Å². The molecule has 2 aliphatic carbocycles. The maximum atomic E-state index is 2.31. The van der Waals surface area contributed by atoms with Gasteiger partial charge in [0.25, 0.3) is 0 Å². The molecule has 0 bridgehead atoms. The fraction of sp³-hybridized carbons (Fsp3) is 0.538. The van der Waals surface area contributed by atoms with Crippen molar-refractivity contribution in [1.29, 1.82) is 0 Å². The summed E-state index contributed by atoms with van der Waals surface area (Å²) in [6.45, 7) is 4.54. The highest BCUT2D eigenvalue weighted by Crippen LogP contribution is 2.58. The SMILES string of the molecule is Cc1ccc(C)c2c1CCC21CC1. The smallest absolute Gasteiger partial charge is 0.00377 e. The second-order valence-electron chi connectivity index (χ2n) is 4.83. The Balaban J connectivity index is 2.28. The highest BCUT2D eigenvalue weighted by Gasteiger charge is 2.49. The zero-order valence-corrected chi connectivity index (χ0v) is 8.48. The van der Waals surface area contributed by atoms with Crippen molar-refractivity contribution in [3.05, 3.63) is 34.4 Å². The summed E-state index contributed by atoms with van der Waals surface area (Å²) in [7, 11) is 0. The van der Waals surface area contributed by atoms with E-state index in [1.165, 1.54) is 36.8 Å². The topological polar surface area (TPSA) is 0 Å². The van der Waals surface area contributed by atoms with Crippen LogP contribution in [0.1, 0.15) is 41.5 Å². The molecule has 0 aliphatic heterocycles. The van der Waals surface area contributed by atoms with Gasteiger partial charge in [-0.15, -0.1) is 0 Å². The highest BCUT2D eigenvalue weighted by atomic mass is 14.5. The predicted octanol–water partition coefficient (Wildman–Crippen LogP) is 3.28. The summed E-state index contributed by atoms with van der Waals surface area (Å²) in [5, 5.41) is 0. The van der Waals surface area contributed by atoms with E-state index in [1.807, 2.05) is 0 Å². The van der Waals surface area contributed by atoms with Gasteiger partial charge >= 0.3 is 0 Å². The minimum atomic E-state index is 0.658. The first-order valence-electron chi connectivity index (χ1n) is 5.32. The summed E-state index contributed by atoms with van der Waals surface area (Å²) in [6, 6.07) is 4.59. The summed E-state index contributed by atoms with van der Waals surface area (Å²) in [6.07, 6.45) is 5.66. The van der Waals surface area contributed by atoms with E-state index < -0.39 is 0 Å². The summed E-state index contributed by atoms with van der Waals surface area (Å²) in [5.74, 6) is 0. The van der Waals surface area contributed by atoms with E-state index in [4.69, 9.17) is 0 Å². The van der Waals surface area contributed by atoms with Crippen LogP contribution < -0.4 is 0 Å². The van der Waals surface area contributed by atoms with Crippen molar-refractivity contribution < 1.29 is 0 Å². The number of benzene rings is 1. The van der Waals surface area contributed by atoms with Crippen LogP contribution in [0, 0.1) is 13.8 Å². The molecule has 0 saturated heterocycles. The van der Waals surface area contributed by atoms with Crippen LogP contribution in [0.5, 0.6) is 0 Å². The van der Waals surface area contributed by atoms with Crippen LogP contribution in [0.25, 0.3) is 0 Å². The van der Waals surface area contributed by atoms with E-state index in [0.29, 0.717) is 5.41 Å². The van der Waals surface area contributed by atoms with Crippen LogP contribution in [-0.4, -0.2) is 0 Å². The Hall–Kier alpha value is -0.780. The maximum Gasteiger partial charge on any atom is -0.00377 e. The van der Waals surface area contributed by atoms with Crippen molar-refractivity contribution in [1.82, 2.24) is 0 Å². The van der Waals surface area contributed by atoms with Crippen LogP contribution in [0.3, 0.4) is 0 Å². The van der Waals surface area contributed by atoms with Gasteiger partial charge in [-0.1, -0.05) is 12.1 Å². The van der Waals surface area contributed by atoms with E-state index in [9.17, 15) is 0 Å². The van der Waals surface area contributed by atoms with Crippen LogP contribution in [-0.2, 0) is 11.8 Å². The maximum absolute atomic E-state index is 2.31. The minimum Gasteiger partial charge on any atom is -0.0588 e. The molecule has 1 saturated carbocycles. The van der Waals surface area contributed by atoms with Crippen molar-refractivity contribution in [2.45, 2.75) is 44.9 Å². The summed E-state index contributed by atoms with van der Waals surface area (Å²) < 4.78 is 0. The zero-order chi connectivity index (χ0) is 9.05. The molecule has 0 amide bonds. The Labute approximate surface area is 80.0 Å². The largest absolute Gasteiger partial charge is 0.0588 e. The van der Waals surface area contributed by atoms with Crippen LogP contribution >= 0.6 is 0 Å². The molecule has 0 heteroatoms. The summed E-state index contributed by atoms with van der Waals surface area (Å²) in [4.78, 5) is 0. The Bertz CT molecular complexity index is 370. The molecule has 0 unspecified atom stereocenters. The number of fused-ring (bicyclic) bond motifs is 2. The summed E-state index contributed by atoms with van der Waals surface area (Å²) >= 11 is 0. The zero-order valence-electron chi connectivity index (χ0n) is 8.48. The van der Waals surface area contributed by atoms with Gasteiger partial charge in [-0.2, -0.15) is 0 Å². The van der Waals surface area contributed by atoms with E-state index in [0.717, 1.165) is 0 Å². The van der Waals surface area contributed by atoms with Gasteiger partial charge in [0.2, 0.25) is 0 Å². The summed E-state index contributed by atoms with van der Waals surface area (Å²) in [5.41, 5.74) is 7.12. The molecular formula is C13H16. The number of rotatable bonds is 0. The molecule has 0 nitrogen and oxygen atoms in total. The van der Waals surface area contributed by atoms with Gasteiger partial charge in [0.1, 0.15) is 0 Å². The third-order valence-corrected chi connectivity index (χ3v) is 3.99. The Morgan fingerprint density at radius 3 is 2.38 bits per heavy atom. The molecule has 13 heavy (non-hydrogen) atoms. The standard InChI is InChI=1S/C13H16/c1-9-3-4-10(2)12-11(9)5-6-13(12)7-8-13/h3-4H,5-8H2,1-2H3. The molecule has 2 aliphatic rings. The predicted molar refractivity (Wildman–Crippen MR) is 55.1 cm³/mol. The quantitative estimate of drug-likeness (QED) is 0.563. The lowest BCUT2D eigenvalue weighted by molar-refractivity contribution is 0.677. The molecular weight excluding hydrogens is 156 g/mol. The van der Waals surface area contributed by atoms with E-state index >= 15 is 0 Å². The highest BCUT2D eigenvalue weighted by molar-refractivity contribution is 5.51. The van der Waals surface area contributed by atoms with Gasteiger partial charge in [-0.3, -0.25) is 0 Å². The van der Waals surface area contributed by atoms with Crippen molar-refractivity contribution in [3.8, 4) is 0 Å². The molecule has 68 valence electrons. The second kappa shape index (κ2) is 2.17. The molecule has 1 fully saturated rings. The Kier molecular flexibility index (Phi) is 1.27. The monoisotopic (exact) mass is 172 g/mol. The van der Waals surface area contributed by atoms with Crippen molar-refractivity contribution in [2.75, 3.05) is 0 Å². The molecule has 0 atom stereocenters. The second-order valence-corrected chi connectivity index (χ2v) is 4.83. The third kappa shape index (κ3) is 0.864. The Morgan fingerprint density at radius 1 is 1.00 bits per heavy atom. The van der Waals surface area contributed by atoms with Gasteiger partial charge in [-0.25, -0.2) is 0 Å². The first kappa shape index (κ1) is 7.61. The first-order chi connectivity index (χ1) is 6.23. The number of aryl methyl sites for hydroxylation is 2. The van der Waals surface area contributed by atoms with E-state index in [1.54, 1.807) is 11.1 Å². The van der Waals surface area contributed by atoms with E-state index in [-0.39, 0.29) is 0 Å². The molecule has 0 heterocycles. The van der Waals surface area contributed by atoms with Gasteiger partial charge in [0, 0.05) is 0 Å². The molecule has 0 N–H and O–H groups in total. The molecule has 1 aromatic rings. The minimum absolute atomic E-state index is 0.658. The van der Waals surface area contributed by atoms with Crippen LogP contribution in [0.2, 0.25) is 0 Å². The van der Waals surface area contributed by atoms with Gasteiger partial charge in [0.05, 0.1) is 0 Å². The van der Waals surface area contributed by atoms with Crippen molar-refractivity contribution >= 4 is 0 Å². The van der Waals surface area contributed by atoms with Gasteiger partial charge < -0.3 is 0 Å². The molecule has 3 rings (SSSR count). The van der Waals surface area contributed by atoms with Crippen molar-refractivity contribution in [2.24, 2.45) is 0 Å².